The molecule has 0 atom stereocenters. The molecule has 30 heavy (non-hydrogen) atoms. The maximum absolute atomic E-state index is 11.0. The number of aliphatic carboxylic acids is 1. The number of carbonyl (C=O) groups excluding carboxylic acids is 1. The van der Waals surface area contributed by atoms with E-state index < -0.39 is 5.97 Å². The average molecular weight is 441 g/mol. The Morgan fingerprint density at radius 2 is 1.87 bits per heavy atom. The molecule has 7 heteroatoms. The number of carboxylic acids is 1. The third kappa shape index (κ3) is 5.02. The predicted octanol–water partition coefficient (Wildman–Crippen LogP) is 4.18. The zero-order valence-corrected chi connectivity index (χ0v) is 18.8. The van der Waals surface area contributed by atoms with Crippen molar-refractivity contribution in [1.82, 2.24) is 4.98 Å². The van der Waals surface area contributed by atoms with Gasteiger partial charge in [-0.3, -0.25) is 0 Å². The molecule has 0 amide bonds. The van der Waals surface area contributed by atoms with Gasteiger partial charge < -0.3 is 19.7 Å². The summed E-state index contributed by atoms with van der Waals surface area (Å²) in [5, 5.41) is 14.0. The van der Waals surface area contributed by atoms with Gasteiger partial charge in [0.15, 0.2) is 5.13 Å². The summed E-state index contributed by atoms with van der Waals surface area (Å²) in [6.45, 7) is 5.47. The van der Waals surface area contributed by atoms with E-state index in [0.29, 0.717) is 13.1 Å². The highest BCUT2D eigenvalue weighted by Gasteiger charge is 2.15. The quantitative estimate of drug-likeness (QED) is 0.500. The van der Waals surface area contributed by atoms with Gasteiger partial charge in [0.25, 0.3) is 0 Å². The van der Waals surface area contributed by atoms with Gasteiger partial charge >= 0.3 is 0 Å². The van der Waals surface area contributed by atoms with Crippen molar-refractivity contribution in [3.8, 4) is 11.3 Å². The van der Waals surface area contributed by atoms with Gasteiger partial charge in [0.2, 0.25) is 0 Å². The summed E-state index contributed by atoms with van der Waals surface area (Å²) in [6.07, 6.45) is 3.54. The number of hydrogen-bond donors (Lipinski definition) is 0. The SMILES string of the molecule is CCc1ccc(CN(CCC(=O)[O-])c2nc(-c3ccc(N4CCCC4)cc3)cs2)s1. The standard InChI is InChI=1S/C23H27N3O2S2/c1-2-19-9-10-20(30-19)15-26(14-11-22(27)28)23-24-21(16-29-23)17-5-7-18(8-6-17)25-12-3-4-13-25/h5-10,16H,2-4,11-15H2,1H3,(H,27,28)/p-1. The van der Waals surface area contributed by atoms with E-state index in [2.05, 4.69) is 53.6 Å². The highest BCUT2D eigenvalue weighted by atomic mass is 32.1. The monoisotopic (exact) mass is 440 g/mol. The van der Waals surface area contributed by atoms with Gasteiger partial charge in [-0.15, -0.1) is 22.7 Å². The third-order valence-corrected chi connectivity index (χ3v) is 7.51. The molecular formula is C23H26N3O2S2-. The van der Waals surface area contributed by atoms with Crippen molar-refractivity contribution < 1.29 is 9.90 Å². The maximum atomic E-state index is 11.0. The summed E-state index contributed by atoms with van der Waals surface area (Å²) in [5.41, 5.74) is 3.29. The van der Waals surface area contributed by atoms with Crippen molar-refractivity contribution >= 4 is 39.5 Å². The Morgan fingerprint density at radius 3 is 2.53 bits per heavy atom. The van der Waals surface area contributed by atoms with Crippen molar-refractivity contribution in [1.29, 1.82) is 0 Å². The van der Waals surface area contributed by atoms with Gasteiger partial charge in [0.05, 0.1) is 12.2 Å². The number of thiazole rings is 1. The summed E-state index contributed by atoms with van der Waals surface area (Å²) in [7, 11) is 0. The molecule has 1 fully saturated rings. The van der Waals surface area contributed by atoms with Crippen molar-refractivity contribution in [2.24, 2.45) is 0 Å². The van der Waals surface area contributed by atoms with E-state index in [0.717, 1.165) is 35.9 Å². The van der Waals surface area contributed by atoms with Gasteiger partial charge in [-0.05, 0) is 43.5 Å². The van der Waals surface area contributed by atoms with Crippen LogP contribution < -0.4 is 14.9 Å². The van der Waals surface area contributed by atoms with Crippen LogP contribution in [0.4, 0.5) is 10.8 Å². The van der Waals surface area contributed by atoms with E-state index in [9.17, 15) is 9.90 Å². The fraction of sp³-hybridized carbons (Fsp3) is 0.391. The second-order valence-corrected chi connectivity index (χ2v) is 9.61. The molecule has 1 aromatic carbocycles. The summed E-state index contributed by atoms with van der Waals surface area (Å²) in [4.78, 5) is 22.9. The molecule has 1 aliphatic rings. The highest BCUT2D eigenvalue weighted by Crippen LogP contribution is 2.31. The Morgan fingerprint density at radius 1 is 1.13 bits per heavy atom. The van der Waals surface area contributed by atoms with Gasteiger partial charge in [-0.2, -0.15) is 0 Å². The van der Waals surface area contributed by atoms with Gasteiger partial charge in [0, 0.05) is 58.4 Å². The molecule has 1 aliphatic heterocycles. The lowest BCUT2D eigenvalue weighted by molar-refractivity contribution is -0.305. The summed E-state index contributed by atoms with van der Waals surface area (Å²) >= 11 is 3.34. The first kappa shape index (κ1) is 20.9. The van der Waals surface area contributed by atoms with Crippen LogP contribution in [-0.4, -0.2) is 30.6 Å². The van der Waals surface area contributed by atoms with Crippen LogP contribution in [0, 0.1) is 0 Å². The van der Waals surface area contributed by atoms with Gasteiger partial charge in [-0.1, -0.05) is 19.1 Å². The van der Waals surface area contributed by atoms with Crippen molar-refractivity contribution in [2.75, 3.05) is 29.4 Å². The van der Waals surface area contributed by atoms with E-state index in [1.807, 2.05) is 4.90 Å². The van der Waals surface area contributed by atoms with E-state index >= 15 is 0 Å². The summed E-state index contributed by atoms with van der Waals surface area (Å²) < 4.78 is 0. The minimum atomic E-state index is -1.03. The minimum Gasteiger partial charge on any atom is -0.550 e. The number of benzene rings is 1. The molecule has 0 saturated carbocycles. The minimum absolute atomic E-state index is 0.00848. The van der Waals surface area contributed by atoms with E-state index in [4.69, 9.17) is 4.98 Å². The second-order valence-electron chi connectivity index (χ2n) is 7.52. The number of nitrogens with zero attached hydrogens (tertiary/aromatic N) is 3. The second kappa shape index (κ2) is 9.62. The Kier molecular flexibility index (Phi) is 6.69. The zero-order valence-electron chi connectivity index (χ0n) is 17.2. The summed E-state index contributed by atoms with van der Waals surface area (Å²) in [5.74, 6) is -1.03. The summed E-state index contributed by atoms with van der Waals surface area (Å²) in [6, 6.07) is 12.9. The van der Waals surface area contributed by atoms with Crippen molar-refractivity contribution in [3.05, 3.63) is 51.5 Å². The number of rotatable bonds is 9. The third-order valence-electron chi connectivity index (χ3n) is 5.40. The molecule has 0 aliphatic carbocycles. The number of carboxylic acid groups (broad SMARTS) is 1. The molecule has 4 rings (SSSR count). The van der Waals surface area contributed by atoms with Gasteiger partial charge in [-0.25, -0.2) is 4.98 Å². The van der Waals surface area contributed by atoms with E-state index in [-0.39, 0.29) is 6.42 Å². The molecule has 158 valence electrons. The van der Waals surface area contributed by atoms with Crippen LogP contribution in [0.3, 0.4) is 0 Å². The molecule has 0 spiro atoms. The molecule has 5 nitrogen and oxygen atoms in total. The first-order chi connectivity index (χ1) is 14.6. The van der Waals surface area contributed by atoms with Crippen LogP contribution in [0.25, 0.3) is 11.3 Å². The van der Waals surface area contributed by atoms with Crippen LogP contribution in [0.2, 0.25) is 0 Å². The highest BCUT2D eigenvalue weighted by molar-refractivity contribution is 7.14. The Balaban J connectivity index is 1.51. The lowest BCUT2D eigenvalue weighted by Gasteiger charge is -2.21. The van der Waals surface area contributed by atoms with Crippen LogP contribution >= 0.6 is 22.7 Å². The smallest absolute Gasteiger partial charge is 0.186 e. The lowest BCUT2D eigenvalue weighted by Crippen LogP contribution is -2.30. The number of anilines is 2. The van der Waals surface area contributed by atoms with Crippen LogP contribution in [0.1, 0.15) is 35.9 Å². The fourth-order valence-corrected chi connectivity index (χ4v) is 5.55. The number of aryl methyl sites for hydroxylation is 1. The van der Waals surface area contributed by atoms with Crippen LogP contribution in [-0.2, 0) is 17.8 Å². The Bertz CT molecular complexity index is 975. The number of hydrogen-bond acceptors (Lipinski definition) is 7. The van der Waals surface area contributed by atoms with Crippen LogP contribution in [0.15, 0.2) is 41.8 Å². The molecule has 0 bridgehead atoms. The fourth-order valence-electron chi connectivity index (χ4n) is 3.71. The maximum Gasteiger partial charge on any atom is 0.186 e. The molecule has 3 aromatic rings. The number of carbonyl (C=O) groups is 1. The largest absolute Gasteiger partial charge is 0.550 e. The Hall–Kier alpha value is -2.38. The molecule has 3 heterocycles. The van der Waals surface area contributed by atoms with Crippen molar-refractivity contribution in [2.45, 2.75) is 39.2 Å². The predicted molar refractivity (Wildman–Crippen MR) is 123 cm³/mol. The molecule has 0 unspecified atom stereocenters. The molecule has 1 saturated heterocycles. The molecule has 0 radical (unpaired) electrons. The topological polar surface area (TPSA) is 59.5 Å². The zero-order chi connectivity index (χ0) is 20.9. The molecule has 2 aromatic heterocycles. The lowest BCUT2D eigenvalue weighted by atomic mass is 10.1. The average Bonchev–Trinajstić information content (AvgIpc) is 3.53. The number of aromatic nitrogens is 1. The first-order valence-corrected chi connectivity index (χ1v) is 12.2. The molecular weight excluding hydrogens is 414 g/mol. The van der Waals surface area contributed by atoms with Gasteiger partial charge in [0.1, 0.15) is 0 Å². The van der Waals surface area contributed by atoms with Crippen molar-refractivity contribution in [3.63, 3.8) is 0 Å². The Labute approximate surface area is 185 Å². The van der Waals surface area contributed by atoms with E-state index in [1.165, 1.54) is 28.3 Å². The molecule has 0 N–H and O–H groups in total. The van der Waals surface area contributed by atoms with Crippen LogP contribution in [0.5, 0.6) is 0 Å². The normalized spacial score (nSPS) is 13.7. The number of thiophene rings is 1. The first-order valence-electron chi connectivity index (χ1n) is 10.5. The van der Waals surface area contributed by atoms with E-state index in [1.54, 1.807) is 22.7 Å².